The van der Waals surface area contributed by atoms with E-state index in [2.05, 4.69) is 20.3 Å². The molecule has 0 saturated carbocycles. The van der Waals surface area contributed by atoms with Crippen LogP contribution >= 0.6 is 0 Å². The third-order valence-corrected chi connectivity index (χ3v) is 3.50. The fraction of sp³-hybridized carbons (Fsp3) is 0.400. The van der Waals surface area contributed by atoms with Crippen molar-refractivity contribution in [3.8, 4) is 0 Å². The smallest absolute Gasteiger partial charge is 0.238 e. The molecule has 0 unspecified atom stereocenters. The topological polar surface area (TPSA) is 72.3 Å². The van der Waals surface area contributed by atoms with Gasteiger partial charge < -0.3 is 10.1 Å². The predicted octanol–water partition coefficient (Wildman–Crippen LogP) is 0.618. The molecule has 3 heterocycles. The molecule has 1 aliphatic heterocycles. The van der Waals surface area contributed by atoms with Crippen molar-refractivity contribution < 1.29 is 9.53 Å². The number of morpholine rings is 1. The summed E-state index contributed by atoms with van der Waals surface area (Å²) in [5.41, 5.74) is 0.765. The Morgan fingerprint density at radius 1 is 1.36 bits per heavy atom. The number of hydrogen-bond acceptors (Lipinski definition) is 5. The van der Waals surface area contributed by atoms with Gasteiger partial charge in [-0.3, -0.25) is 19.4 Å². The highest BCUT2D eigenvalue weighted by Gasteiger charge is 2.22. The average Bonchev–Trinajstić information content (AvgIpc) is 3.01. The summed E-state index contributed by atoms with van der Waals surface area (Å²) >= 11 is 0. The lowest BCUT2D eigenvalue weighted by Gasteiger charge is -2.32. The molecule has 1 saturated heterocycles. The molecule has 1 fully saturated rings. The minimum Gasteiger partial charge on any atom is -0.374 e. The fourth-order valence-electron chi connectivity index (χ4n) is 2.49. The van der Waals surface area contributed by atoms with E-state index < -0.39 is 0 Å². The molecule has 1 aliphatic rings. The summed E-state index contributed by atoms with van der Waals surface area (Å²) < 4.78 is 7.59. The molecular formula is C15H19N5O2. The molecule has 1 N–H and O–H groups in total. The van der Waals surface area contributed by atoms with Gasteiger partial charge in [0.15, 0.2) is 0 Å². The van der Waals surface area contributed by atoms with Crippen LogP contribution in [0.1, 0.15) is 0 Å². The average molecular weight is 301 g/mol. The number of carbonyl (C=O) groups is 1. The number of pyridine rings is 1. The van der Waals surface area contributed by atoms with Crippen LogP contribution in [0.15, 0.2) is 43.0 Å². The zero-order chi connectivity index (χ0) is 15.2. The van der Waals surface area contributed by atoms with Crippen molar-refractivity contribution in [3.63, 3.8) is 0 Å². The molecule has 0 aromatic carbocycles. The number of carbonyl (C=O) groups excluding carboxylic acids is 1. The first-order valence-corrected chi connectivity index (χ1v) is 7.31. The maximum Gasteiger partial charge on any atom is 0.238 e. The number of nitrogens with one attached hydrogen (secondary N) is 1. The van der Waals surface area contributed by atoms with E-state index in [0.29, 0.717) is 19.7 Å². The third kappa shape index (κ3) is 4.12. The van der Waals surface area contributed by atoms with Crippen LogP contribution < -0.4 is 5.32 Å². The highest BCUT2D eigenvalue weighted by atomic mass is 16.5. The van der Waals surface area contributed by atoms with Crippen LogP contribution in [0.2, 0.25) is 0 Å². The standard InChI is InChI=1S/C15H19N5O2/c21-15(18-13-2-5-16-6-3-13)12-19-8-9-22-14(10-19)11-20-7-1-4-17-20/h1-7,14H,8-12H2,(H,16,18,21)/t14-/m0/s1. The van der Waals surface area contributed by atoms with Crippen molar-refractivity contribution in [2.75, 3.05) is 31.6 Å². The molecule has 116 valence electrons. The Morgan fingerprint density at radius 3 is 3.00 bits per heavy atom. The quantitative estimate of drug-likeness (QED) is 0.876. The normalized spacial score (nSPS) is 19.0. The summed E-state index contributed by atoms with van der Waals surface area (Å²) in [6.45, 7) is 3.19. The van der Waals surface area contributed by atoms with Crippen molar-refractivity contribution in [3.05, 3.63) is 43.0 Å². The number of aromatic nitrogens is 3. The Balaban J connectivity index is 1.48. The lowest BCUT2D eigenvalue weighted by atomic mass is 10.2. The van der Waals surface area contributed by atoms with Gasteiger partial charge in [-0.15, -0.1) is 0 Å². The van der Waals surface area contributed by atoms with Gasteiger partial charge in [-0.1, -0.05) is 0 Å². The maximum atomic E-state index is 12.1. The molecule has 0 bridgehead atoms. The second kappa shape index (κ2) is 7.15. The number of amides is 1. The van der Waals surface area contributed by atoms with Crippen LogP contribution in [0.3, 0.4) is 0 Å². The van der Waals surface area contributed by atoms with Gasteiger partial charge in [0.05, 0.1) is 25.8 Å². The van der Waals surface area contributed by atoms with Crippen molar-refractivity contribution >= 4 is 11.6 Å². The summed E-state index contributed by atoms with van der Waals surface area (Å²) in [5, 5.41) is 7.06. The van der Waals surface area contributed by atoms with Gasteiger partial charge in [0.2, 0.25) is 5.91 Å². The maximum absolute atomic E-state index is 12.1. The highest BCUT2D eigenvalue weighted by molar-refractivity contribution is 5.92. The predicted molar refractivity (Wildman–Crippen MR) is 81.3 cm³/mol. The van der Waals surface area contributed by atoms with E-state index in [1.54, 1.807) is 30.7 Å². The fourth-order valence-corrected chi connectivity index (χ4v) is 2.49. The number of hydrogen-bond donors (Lipinski definition) is 1. The molecule has 7 nitrogen and oxygen atoms in total. The molecule has 3 rings (SSSR count). The zero-order valence-corrected chi connectivity index (χ0v) is 12.3. The van der Waals surface area contributed by atoms with Gasteiger partial charge in [0, 0.05) is 43.6 Å². The van der Waals surface area contributed by atoms with Gasteiger partial charge in [0.1, 0.15) is 0 Å². The zero-order valence-electron chi connectivity index (χ0n) is 12.3. The first-order valence-electron chi connectivity index (χ1n) is 7.31. The lowest BCUT2D eigenvalue weighted by Crippen LogP contribution is -2.47. The number of nitrogens with zero attached hydrogens (tertiary/aromatic N) is 4. The minimum atomic E-state index is -0.0223. The lowest BCUT2D eigenvalue weighted by molar-refractivity contribution is -0.119. The SMILES string of the molecule is O=C(CN1CCO[C@H](Cn2cccn2)C1)Nc1ccncc1. The van der Waals surface area contributed by atoms with Crippen LogP contribution in [-0.2, 0) is 16.1 Å². The summed E-state index contributed by atoms with van der Waals surface area (Å²) in [7, 11) is 0. The molecular weight excluding hydrogens is 282 g/mol. The van der Waals surface area contributed by atoms with E-state index in [1.807, 2.05) is 16.9 Å². The van der Waals surface area contributed by atoms with Crippen LogP contribution in [0, 0.1) is 0 Å². The minimum absolute atomic E-state index is 0.0223. The van der Waals surface area contributed by atoms with Crippen molar-refractivity contribution in [2.24, 2.45) is 0 Å². The van der Waals surface area contributed by atoms with E-state index in [0.717, 1.165) is 18.8 Å². The molecule has 2 aromatic rings. The Bertz CT molecular complexity index is 587. The van der Waals surface area contributed by atoms with Gasteiger partial charge >= 0.3 is 0 Å². The molecule has 0 radical (unpaired) electrons. The van der Waals surface area contributed by atoms with Crippen molar-refractivity contribution in [1.82, 2.24) is 19.7 Å². The summed E-state index contributed by atoms with van der Waals surface area (Å²) in [5.74, 6) is -0.0223. The first-order chi connectivity index (χ1) is 10.8. The number of ether oxygens (including phenoxy) is 1. The molecule has 22 heavy (non-hydrogen) atoms. The van der Waals surface area contributed by atoms with E-state index in [9.17, 15) is 4.79 Å². The molecule has 0 spiro atoms. The summed E-state index contributed by atoms with van der Waals surface area (Å²) in [6.07, 6.45) is 7.04. The van der Waals surface area contributed by atoms with E-state index in [-0.39, 0.29) is 12.0 Å². The van der Waals surface area contributed by atoms with Gasteiger partial charge in [-0.05, 0) is 18.2 Å². The molecule has 2 aromatic heterocycles. The van der Waals surface area contributed by atoms with Crippen LogP contribution in [0.5, 0.6) is 0 Å². The van der Waals surface area contributed by atoms with Gasteiger partial charge in [0.25, 0.3) is 0 Å². The number of anilines is 1. The Hall–Kier alpha value is -2.25. The number of rotatable bonds is 5. The second-order valence-corrected chi connectivity index (χ2v) is 5.24. The van der Waals surface area contributed by atoms with Crippen LogP contribution in [0.25, 0.3) is 0 Å². The van der Waals surface area contributed by atoms with Crippen molar-refractivity contribution in [1.29, 1.82) is 0 Å². The third-order valence-electron chi connectivity index (χ3n) is 3.50. The molecule has 1 atom stereocenters. The van der Waals surface area contributed by atoms with Crippen LogP contribution in [0.4, 0.5) is 5.69 Å². The van der Waals surface area contributed by atoms with E-state index >= 15 is 0 Å². The monoisotopic (exact) mass is 301 g/mol. The highest BCUT2D eigenvalue weighted by Crippen LogP contribution is 2.08. The summed E-state index contributed by atoms with van der Waals surface area (Å²) in [4.78, 5) is 18.1. The van der Waals surface area contributed by atoms with E-state index in [4.69, 9.17) is 4.74 Å². The summed E-state index contributed by atoms with van der Waals surface area (Å²) in [6, 6.07) is 5.44. The largest absolute Gasteiger partial charge is 0.374 e. The van der Waals surface area contributed by atoms with Gasteiger partial charge in [-0.25, -0.2) is 0 Å². The van der Waals surface area contributed by atoms with E-state index in [1.165, 1.54) is 0 Å². The van der Waals surface area contributed by atoms with Crippen molar-refractivity contribution in [2.45, 2.75) is 12.6 Å². The second-order valence-electron chi connectivity index (χ2n) is 5.24. The Labute approximate surface area is 128 Å². The first kappa shape index (κ1) is 14.7. The molecule has 7 heteroatoms. The van der Waals surface area contributed by atoms with Gasteiger partial charge in [-0.2, -0.15) is 5.10 Å². The Morgan fingerprint density at radius 2 is 2.23 bits per heavy atom. The molecule has 1 amide bonds. The van der Waals surface area contributed by atoms with Crippen LogP contribution in [-0.4, -0.2) is 57.9 Å². The molecule has 0 aliphatic carbocycles. The Kier molecular flexibility index (Phi) is 4.77.